The second kappa shape index (κ2) is 6.28. The minimum absolute atomic E-state index is 0.504. The lowest BCUT2D eigenvalue weighted by atomic mass is 10.0. The summed E-state index contributed by atoms with van der Waals surface area (Å²) >= 11 is 0. The standard InChI is InChI=1S/C17H22N2/c1-14(15-8-5-4-6-9-15)13-18-16-10-7-11-17(12-16)19(2)3/h4-12,14,18H,13H2,1-3H3. The van der Waals surface area contributed by atoms with Gasteiger partial charge in [-0.2, -0.15) is 0 Å². The predicted octanol–water partition coefficient (Wildman–Crippen LogP) is 3.97. The van der Waals surface area contributed by atoms with Crippen LogP contribution in [0.1, 0.15) is 18.4 Å². The zero-order valence-electron chi connectivity index (χ0n) is 11.9. The second-order valence-corrected chi connectivity index (χ2v) is 5.14. The van der Waals surface area contributed by atoms with Crippen LogP contribution in [0.2, 0.25) is 0 Å². The van der Waals surface area contributed by atoms with Crippen LogP contribution in [0.4, 0.5) is 11.4 Å². The van der Waals surface area contributed by atoms with Gasteiger partial charge in [0.25, 0.3) is 0 Å². The van der Waals surface area contributed by atoms with Crippen LogP contribution in [0.25, 0.3) is 0 Å². The van der Waals surface area contributed by atoms with Crippen molar-refractivity contribution in [3.05, 3.63) is 60.2 Å². The third-order valence-electron chi connectivity index (χ3n) is 3.34. The van der Waals surface area contributed by atoms with E-state index >= 15 is 0 Å². The van der Waals surface area contributed by atoms with Gasteiger partial charge in [-0.05, 0) is 29.7 Å². The zero-order valence-corrected chi connectivity index (χ0v) is 11.9. The minimum atomic E-state index is 0.504. The zero-order chi connectivity index (χ0) is 13.7. The molecule has 100 valence electrons. The molecule has 19 heavy (non-hydrogen) atoms. The van der Waals surface area contributed by atoms with Crippen molar-refractivity contribution in [1.82, 2.24) is 0 Å². The molecule has 1 atom stereocenters. The largest absolute Gasteiger partial charge is 0.384 e. The number of anilines is 2. The summed E-state index contributed by atoms with van der Waals surface area (Å²) in [5.41, 5.74) is 3.77. The number of hydrogen-bond acceptors (Lipinski definition) is 2. The average Bonchev–Trinajstić information content (AvgIpc) is 2.46. The Morgan fingerprint density at radius 2 is 1.74 bits per heavy atom. The highest BCUT2D eigenvalue weighted by molar-refractivity contribution is 5.57. The summed E-state index contributed by atoms with van der Waals surface area (Å²) < 4.78 is 0. The number of hydrogen-bond donors (Lipinski definition) is 1. The molecule has 2 heteroatoms. The normalized spacial score (nSPS) is 11.9. The van der Waals surface area contributed by atoms with Gasteiger partial charge >= 0.3 is 0 Å². The fourth-order valence-corrected chi connectivity index (χ4v) is 2.06. The van der Waals surface area contributed by atoms with E-state index in [1.807, 2.05) is 0 Å². The summed E-state index contributed by atoms with van der Waals surface area (Å²) in [5, 5.41) is 3.51. The van der Waals surface area contributed by atoms with Crippen molar-refractivity contribution >= 4 is 11.4 Å². The van der Waals surface area contributed by atoms with E-state index in [2.05, 4.69) is 85.8 Å². The molecular weight excluding hydrogens is 232 g/mol. The molecule has 1 N–H and O–H groups in total. The number of nitrogens with one attached hydrogen (secondary N) is 1. The molecule has 0 aliphatic rings. The Hall–Kier alpha value is -1.96. The van der Waals surface area contributed by atoms with Gasteiger partial charge in [-0.1, -0.05) is 43.3 Å². The second-order valence-electron chi connectivity index (χ2n) is 5.14. The maximum absolute atomic E-state index is 3.51. The van der Waals surface area contributed by atoms with Crippen LogP contribution in [-0.4, -0.2) is 20.6 Å². The van der Waals surface area contributed by atoms with E-state index in [9.17, 15) is 0 Å². The van der Waals surface area contributed by atoms with Gasteiger partial charge in [0.1, 0.15) is 0 Å². The average molecular weight is 254 g/mol. The molecule has 2 aromatic carbocycles. The minimum Gasteiger partial charge on any atom is -0.384 e. The molecule has 0 aliphatic carbocycles. The molecule has 0 radical (unpaired) electrons. The maximum Gasteiger partial charge on any atom is 0.0381 e. The summed E-state index contributed by atoms with van der Waals surface area (Å²) in [7, 11) is 4.12. The summed E-state index contributed by atoms with van der Waals surface area (Å²) in [6.45, 7) is 3.19. The van der Waals surface area contributed by atoms with Crippen LogP contribution in [0.5, 0.6) is 0 Å². The van der Waals surface area contributed by atoms with Gasteiger partial charge < -0.3 is 10.2 Å². The van der Waals surface area contributed by atoms with Crippen molar-refractivity contribution < 1.29 is 0 Å². The highest BCUT2D eigenvalue weighted by Gasteiger charge is 2.04. The Labute approximate surface area is 116 Å². The molecule has 0 saturated carbocycles. The molecular formula is C17H22N2. The van der Waals surface area contributed by atoms with Crippen LogP contribution < -0.4 is 10.2 Å². The monoisotopic (exact) mass is 254 g/mol. The first kappa shape index (κ1) is 13.5. The van der Waals surface area contributed by atoms with Crippen molar-refractivity contribution in [2.45, 2.75) is 12.8 Å². The van der Waals surface area contributed by atoms with Gasteiger partial charge in [0.05, 0.1) is 0 Å². The Morgan fingerprint density at radius 3 is 2.42 bits per heavy atom. The van der Waals surface area contributed by atoms with E-state index in [0.717, 1.165) is 6.54 Å². The van der Waals surface area contributed by atoms with Crippen LogP contribution in [0, 0.1) is 0 Å². The third kappa shape index (κ3) is 3.75. The van der Waals surface area contributed by atoms with Gasteiger partial charge in [-0.25, -0.2) is 0 Å². The van der Waals surface area contributed by atoms with E-state index in [1.165, 1.54) is 16.9 Å². The van der Waals surface area contributed by atoms with Crippen LogP contribution in [-0.2, 0) is 0 Å². The SMILES string of the molecule is CC(CNc1cccc(N(C)C)c1)c1ccccc1. The van der Waals surface area contributed by atoms with E-state index in [4.69, 9.17) is 0 Å². The molecule has 0 aromatic heterocycles. The maximum atomic E-state index is 3.51. The lowest BCUT2D eigenvalue weighted by molar-refractivity contribution is 0.805. The van der Waals surface area contributed by atoms with Crippen molar-refractivity contribution in [2.24, 2.45) is 0 Å². The molecule has 0 spiro atoms. The van der Waals surface area contributed by atoms with Crippen LogP contribution in [0.15, 0.2) is 54.6 Å². The quantitative estimate of drug-likeness (QED) is 0.868. The Morgan fingerprint density at radius 1 is 1.00 bits per heavy atom. The molecule has 2 aromatic rings. The molecule has 0 saturated heterocycles. The molecule has 0 aliphatic heterocycles. The summed E-state index contributed by atoms with van der Waals surface area (Å²) in [5.74, 6) is 0.504. The first-order valence-electron chi connectivity index (χ1n) is 6.73. The molecule has 2 nitrogen and oxygen atoms in total. The Bertz CT molecular complexity index is 506. The lowest BCUT2D eigenvalue weighted by Crippen LogP contribution is -2.11. The fourth-order valence-electron chi connectivity index (χ4n) is 2.06. The van der Waals surface area contributed by atoms with Gasteiger partial charge in [0.2, 0.25) is 0 Å². The molecule has 0 bridgehead atoms. The predicted molar refractivity (Wildman–Crippen MR) is 84.1 cm³/mol. The van der Waals surface area contributed by atoms with Gasteiger partial charge in [-0.3, -0.25) is 0 Å². The summed E-state index contributed by atoms with van der Waals surface area (Å²) in [4.78, 5) is 2.12. The summed E-state index contributed by atoms with van der Waals surface area (Å²) in [6.07, 6.45) is 0. The summed E-state index contributed by atoms with van der Waals surface area (Å²) in [6, 6.07) is 19.1. The molecule has 0 fully saturated rings. The number of nitrogens with zero attached hydrogens (tertiary/aromatic N) is 1. The van der Waals surface area contributed by atoms with Gasteiger partial charge in [0.15, 0.2) is 0 Å². The van der Waals surface area contributed by atoms with Crippen LogP contribution in [0.3, 0.4) is 0 Å². The van der Waals surface area contributed by atoms with E-state index < -0.39 is 0 Å². The number of benzene rings is 2. The van der Waals surface area contributed by atoms with Crippen molar-refractivity contribution in [3.8, 4) is 0 Å². The van der Waals surface area contributed by atoms with E-state index in [-0.39, 0.29) is 0 Å². The van der Waals surface area contributed by atoms with E-state index in [0.29, 0.717) is 5.92 Å². The smallest absolute Gasteiger partial charge is 0.0381 e. The molecule has 2 rings (SSSR count). The fraction of sp³-hybridized carbons (Fsp3) is 0.294. The molecule has 0 heterocycles. The first-order valence-corrected chi connectivity index (χ1v) is 6.73. The highest BCUT2D eigenvalue weighted by atomic mass is 15.1. The topological polar surface area (TPSA) is 15.3 Å². The molecule has 1 unspecified atom stereocenters. The highest BCUT2D eigenvalue weighted by Crippen LogP contribution is 2.19. The molecule has 0 amide bonds. The van der Waals surface area contributed by atoms with Gasteiger partial charge in [-0.15, -0.1) is 0 Å². The Kier molecular flexibility index (Phi) is 4.45. The lowest BCUT2D eigenvalue weighted by Gasteiger charge is -2.17. The van der Waals surface area contributed by atoms with Crippen molar-refractivity contribution in [1.29, 1.82) is 0 Å². The van der Waals surface area contributed by atoms with Crippen molar-refractivity contribution in [3.63, 3.8) is 0 Å². The van der Waals surface area contributed by atoms with Crippen molar-refractivity contribution in [2.75, 3.05) is 30.9 Å². The Balaban J connectivity index is 1.97. The number of rotatable bonds is 5. The first-order chi connectivity index (χ1) is 9.16. The van der Waals surface area contributed by atoms with E-state index in [1.54, 1.807) is 0 Å². The third-order valence-corrected chi connectivity index (χ3v) is 3.34. The van der Waals surface area contributed by atoms with Gasteiger partial charge in [0, 0.05) is 32.0 Å². The van der Waals surface area contributed by atoms with Crippen LogP contribution >= 0.6 is 0 Å².